The average Bonchev–Trinajstić information content (AvgIpc) is 2.37. The largest absolute Gasteiger partial charge is 0.294 e. The first-order valence-corrected chi connectivity index (χ1v) is 5.78. The van der Waals surface area contributed by atoms with Gasteiger partial charge in [-0.3, -0.25) is 4.79 Å². The summed E-state index contributed by atoms with van der Waals surface area (Å²) in [6.07, 6.45) is -0.309. The molecule has 1 nitrogen and oxygen atoms in total. The highest BCUT2D eigenvalue weighted by molar-refractivity contribution is 6.31. The highest BCUT2D eigenvalue weighted by Crippen LogP contribution is 2.21. The van der Waals surface area contributed by atoms with Crippen molar-refractivity contribution in [3.05, 3.63) is 70.0 Å². The molecular formula is C14H8ClF3O. The second-order valence-corrected chi connectivity index (χ2v) is 4.34. The van der Waals surface area contributed by atoms with Crippen LogP contribution in [0.15, 0.2) is 36.4 Å². The molecule has 0 radical (unpaired) electrons. The van der Waals surface area contributed by atoms with E-state index in [0.29, 0.717) is 0 Å². The number of carbonyl (C=O) groups is 1. The SMILES string of the molecule is O=C(Cc1c(F)cccc1Cl)c1ccc(F)c(F)c1. The van der Waals surface area contributed by atoms with Crippen molar-refractivity contribution in [2.24, 2.45) is 0 Å². The van der Waals surface area contributed by atoms with E-state index >= 15 is 0 Å². The third kappa shape index (κ3) is 2.96. The molecular weight excluding hydrogens is 277 g/mol. The zero-order valence-electron chi connectivity index (χ0n) is 9.59. The zero-order chi connectivity index (χ0) is 14.0. The molecule has 0 aliphatic carbocycles. The normalized spacial score (nSPS) is 10.5. The molecule has 0 atom stereocenters. The number of hydrogen-bond acceptors (Lipinski definition) is 1. The maximum absolute atomic E-state index is 13.5. The van der Waals surface area contributed by atoms with Crippen LogP contribution in [0.5, 0.6) is 0 Å². The fraction of sp³-hybridized carbons (Fsp3) is 0.0714. The van der Waals surface area contributed by atoms with Gasteiger partial charge in [0.05, 0.1) is 0 Å². The van der Waals surface area contributed by atoms with Crippen molar-refractivity contribution in [3.63, 3.8) is 0 Å². The van der Waals surface area contributed by atoms with Gasteiger partial charge in [-0.05, 0) is 30.3 Å². The maximum Gasteiger partial charge on any atom is 0.167 e. The van der Waals surface area contributed by atoms with Crippen LogP contribution in [0.4, 0.5) is 13.2 Å². The summed E-state index contributed by atoms with van der Waals surface area (Å²) in [5.41, 5.74) is 0.0112. The number of halogens is 4. The van der Waals surface area contributed by atoms with Crippen molar-refractivity contribution in [1.82, 2.24) is 0 Å². The maximum atomic E-state index is 13.5. The summed E-state index contributed by atoms with van der Waals surface area (Å²) in [5.74, 6) is -3.31. The summed E-state index contributed by atoms with van der Waals surface area (Å²) in [6.45, 7) is 0. The Balaban J connectivity index is 2.28. The molecule has 19 heavy (non-hydrogen) atoms. The zero-order valence-corrected chi connectivity index (χ0v) is 10.3. The first-order valence-electron chi connectivity index (χ1n) is 5.40. The Kier molecular flexibility index (Phi) is 3.90. The summed E-state index contributed by atoms with van der Waals surface area (Å²) < 4.78 is 39.3. The van der Waals surface area contributed by atoms with E-state index < -0.39 is 23.2 Å². The predicted octanol–water partition coefficient (Wildman–Crippen LogP) is 4.18. The molecule has 0 saturated heterocycles. The summed E-state index contributed by atoms with van der Waals surface area (Å²) in [4.78, 5) is 11.9. The van der Waals surface area contributed by atoms with Crippen LogP contribution in [-0.2, 0) is 6.42 Å². The Labute approximate surface area is 112 Å². The molecule has 5 heteroatoms. The van der Waals surface area contributed by atoms with Crippen molar-refractivity contribution >= 4 is 17.4 Å². The van der Waals surface area contributed by atoms with E-state index in [0.717, 1.165) is 18.2 Å². The van der Waals surface area contributed by atoms with Gasteiger partial charge in [-0.25, -0.2) is 13.2 Å². The van der Waals surface area contributed by atoms with Crippen molar-refractivity contribution in [2.75, 3.05) is 0 Å². The lowest BCUT2D eigenvalue weighted by Crippen LogP contribution is -2.06. The van der Waals surface area contributed by atoms with Crippen molar-refractivity contribution in [3.8, 4) is 0 Å². The number of carbonyl (C=O) groups excluding carboxylic acids is 1. The first kappa shape index (κ1) is 13.6. The molecule has 2 aromatic rings. The van der Waals surface area contributed by atoms with E-state index in [4.69, 9.17) is 11.6 Å². The first-order chi connectivity index (χ1) is 8.99. The molecule has 0 spiro atoms. The monoisotopic (exact) mass is 284 g/mol. The number of rotatable bonds is 3. The molecule has 0 amide bonds. The Morgan fingerprint density at radius 1 is 1.00 bits per heavy atom. The molecule has 0 unspecified atom stereocenters. The van der Waals surface area contributed by atoms with E-state index in [-0.39, 0.29) is 22.6 Å². The second kappa shape index (κ2) is 5.45. The lowest BCUT2D eigenvalue weighted by atomic mass is 10.0. The molecule has 0 fully saturated rings. The molecule has 0 N–H and O–H groups in total. The van der Waals surface area contributed by atoms with Gasteiger partial charge in [-0.1, -0.05) is 17.7 Å². The van der Waals surface area contributed by atoms with Gasteiger partial charge in [0, 0.05) is 22.6 Å². The van der Waals surface area contributed by atoms with Gasteiger partial charge < -0.3 is 0 Å². The number of benzene rings is 2. The number of Topliss-reactive ketones (excluding diaryl/α,β-unsaturated/α-hetero) is 1. The Morgan fingerprint density at radius 3 is 2.37 bits per heavy atom. The number of ketones is 1. The van der Waals surface area contributed by atoms with Crippen LogP contribution < -0.4 is 0 Å². The minimum absolute atomic E-state index is 0.0294. The molecule has 0 aromatic heterocycles. The molecule has 0 aliphatic rings. The quantitative estimate of drug-likeness (QED) is 0.773. The van der Waals surface area contributed by atoms with Gasteiger partial charge >= 0.3 is 0 Å². The molecule has 2 rings (SSSR count). The van der Waals surface area contributed by atoms with Crippen LogP contribution in [0.25, 0.3) is 0 Å². The van der Waals surface area contributed by atoms with Gasteiger partial charge in [0.15, 0.2) is 17.4 Å². The van der Waals surface area contributed by atoms with Gasteiger partial charge in [-0.2, -0.15) is 0 Å². The highest BCUT2D eigenvalue weighted by atomic mass is 35.5. The van der Waals surface area contributed by atoms with Crippen LogP contribution >= 0.6 is 11.6 Å². The van der Waals surface area contributed by atoms with Crippen LogP contribution in [0.1, 0.15) is 15.9 Å². The van der Waals surface area contributed by atoms with Crippen LogP contribution in [-0.4, -0.2) is 5.78 Å². The van der Waals surface area contributed by atoms with Gasteiger partial charge in [0.1, 0.15) is 5.82 Å². The van der Waals surface area contributed by atoms with Crippen molar-refractivity contribution in [1.29, 1.82) is 0 Å². The molecule has 98 valence electrons. The van der Waals surface area contributed by atoms with Crippen LogP contribution in [0.2, 0.25) is 5.02 Å². The molecule has 0 saturated carbocycles. The van der Waals surface area contributed by atoms with Gasteiger partial charge in [0.2, 0.25) is 0 Å². The van der Waals surface area contributed by atoms with E-state index in [2.05, 4.69) is 0 Å². The fourth-order valence-corrected chi connectivity index (χ4v) is 1.86. The molecule has 0 bridgehead atoms. The summed E-state index contributed by atoms with van der Waals surface area (Å²) >= 11 is 5.79. The van der Waals surface area contributed by atoms with Crippen LogP contribution in [0.3, 0.4) is 0 Å². The summed E-state index contributed by atoms with van der Waals surface area (Å²) in [7, 11) is 0. The minimum atomic E-state index is -1.12. The van der Waals surface area contributed by atoms with E-state index in [9.17, 15) is 18.0 Å². The summed E-state index contributed by atoms with van der Waals surface area (Å²) in [5, 5.41) is 0.121. The fourth-order valence-electron chi connectivity index (χ4n) is 1.63. The Morgan fingerprint density at radius 2 is 1.74 bits per heavy atom. The Hall–Kier alpha value is -1.81. The van der Waals surface area contributed by atoms with Crippen molar-refractivity contribution < 1.29 is 18.0 Å². The van der Waals surface area contributed by atoms with E-state index in [1.807, 2.05) is 0 Å². The third-order valence-electron chi connectivity index (χ3n) is 2.64. The lowest BCUT2D eigenvalue weighted by Gasteiger charge is -2.05. The molecule has 0 aliphatic heterocycles. The molecule has 0 heterocycles. The highest BCUT2D eigenvalue weighted by Gasteiger charge is 2.15. The predicted molar refractivity (Wildman–Crippen MR) is 65.8 cm³/mol. The smallest absolute Gasteiger partial charge is 0.167 e. The average molecular weight is 285 g/mol. The van der Waals surface area contributed by atoms with Crippen LogP contribution in [0, 0.1) is 17.5 Å². The minimum Gasteiger partial charge on any atom is -0.294 e. The van der Waals surface area contributed by atoms with Gasteiger partial charge in [-0.15, -0.1) is 0 Å². The number of hydrogen-bond donors (Lipinski definition) is 0. The van der Waals surface area contributed by atoms with E-state index in [1.165, 1.54) is 18.2 Å². The third-order valence-corrected chi connectivity index (χ3v) is 2.99. The topological polar surface area (TPSA) is 17.1 Å². The molecule has 2 aromatic carbocycles. The van der Waals surface area contributed by atoms with Gasteiger partial charge in [0.25, 0.3) is 0 Å². The summed E-state index contributed by atoms with van der Waals surface area (Å²) in [6, 6.07) is 6.84. The second-order valence-electron chi connectivity index (χ2n) is 3.93. The van der Waals surface area contributed by atoms with E-state index in [1.54, 1.807) is 0 Å². The van der Waals surface area contributed by atoms with Crippen molar-refractivity contribution in [2.45, 2.75) is 6.42 Å². The lowest BCUT2D eigenvalue weighted by molar-refractivity contribution is 0.0991. The standard InChI is InChI=1S/C14H8ClF3O/c15-10-2-1-3-11(16)9(10)7-14(19)8-4-5-12(17)13(18)6-8/h1-6H,7H2. The Bertz CT molecular complexity index is 620.